The third kappa shape index (κ3) is 2.80. The quantitative estimate of drug-likeness (QED) is 0.785. The average molecular weight is 251 g/mol. The van der Waals surface area contributed by atoms with Gasteiger partial charge in [-0.05, 0) is 30.7 Å². The minimum atomic E-state index is -0.371. The molecule has 2 rings (SSSR count). The lowest BCUT2D eigenvalue weighted by Crippen LogP contribution is -2.05. The molecule has 94 valence electrons. The third-order valence-corrected chi connectivity index (χ3v) is 2.74. The van der Waals surface area contributed by atoms with E-state index >= 15 is 0 Å². The van der Waals surface area contributed by atoms with E-state index in [1.807, 2.05) is 30.3 Å². The van der Waals surface area contributed by atoms with Gasteiger partial charge < -0.3 is 4.74 Å². The lowest BCUT2D eigenvalue weighted by Gasteiger charge is -2.07. The Labute approximate surface area is 112 Å². The molecule has 0 amide bonds. The van der Waals surface area contributed by atoms with Gasteiger partial charge in [-0.1, -0.05) is 30.3 Å². The second kappa shape index (κ2) is 5.83. The number of benzene rings is 2. The Morgan fingerprint density at radius 2 is 1.95 bits per heavy atom. The molecule has 0 saturated heterocycles. The first-order chi connectivity index (χ1) is 9.26. The molecule has 19 heavy (non-hydrogen) atoms. The minimum Gasteiger partial charge on any atom is -0.462 e. The Bertz CT molecular complexity index is 627. The van der Waals surface area contributed by atoms with Crippen LogP contribution in [0.1, 0.15) is 22.8 Å². The predicted octanol–water partition coefficient (Wildman–Crippen LogP) is 3.40. The first-order valence-electron chi connectivity index (χ1n) is 6.03. The molecule has 0 radical (unpaired) electrons. The molecule has 0 fully saturated rings. The summed E-state index contributed by atoms with van der Waals surface area (Å²) in [6, 6.07) is 16.6. The van der Waals surface area contributed by atoms with E-state index in [9.17, 15) is 4.79 Å². The molecular weight excluding hydrogens is 238 g/mol. The van der Waals surface area contributed by atoms with E-state index in [1.165, 1.54) is 0 Å². The molecule has 0 saturated carbocycles. The van der Waals surface area contributed by atoms with Gasteiger partial charge in [0.15, 0.2) is 0 Å². The molecule has 2 aromatic carbocycles. The second-order valence-electron chi connectivity index (χ2n) is 3.96. The van der Waals surface area contributed by atoms with Gasteiger partial charge in [0.05, 0.1) is 23.8 Å². The number of carbonyl (C=O) groups excluding carboxylic acids is 1. The third-order valence-electron chi connectivity index (χ3n) is 2.74. The molecule has 0 N–H and O–H groups in total. The summed E-state index contributed by atoms with van der Waals surface area (Å²) in [5.41, 5.74) is 2.65. The Kier molecular flexibility index (Phi) is 3.94. The summed E-state index contributed by atoms with van der Waals surface area (Å²) in [6.07, 6.45) is 0. The topological polar surface area (TPSA) is 50.1 Å². The zero-order valence-corrected chi connectivity index (χ0v) is 10.6. The van der Waals surface area contributed by atoms with Gasteiger partial charge in [0.25, 0.3) is 0 Å². The highest BCUT2D eigenvalue weighted by Crippen LogP contribution is 2.24. The van der Waals surface area contributed by atoms with Crippen LogP contribution in [0.4, 0.5) is 0 Å². The van der Waals surface area contributed by atoms with E-state index < -0.39 is 0 Å². The van der Waals surface area contributed by atoms with Crippen molar-refractivity contribution < 1.29 is 9.53 Å². The fourth-order valence-electron chi connectivity index (χ4n) is 1.84. The number of hydrogen-bond donors (Lipinski definition) is 0. The number of ether oxygens (including phenoxy) is 1. The van der Waals surface area contributed by atoms with Crippen LogP contribution in [0.2, 0.25) is 0 Å². The van der Waals surface area contributed by atoms with Crippen molar-refractivity contribution >= 4 is 5.97 Å². The van der Waals surface area contributed by atoms with E-state index in [0.29, 0.717) is 17.7 Å². The molecule has 0 bridgehead atoms. The summed E-state index contributed by atoms with van der Waals surface area (Å²) < 4.78 is 4.97. The van der Waals surface area contributed by atoms with E-state index in [4.69, 9.17) is 10.00 Å². The molecule has 0 aliphatic heterocycles. The summed E-state index contributed by atoms with van der Waals surface area (Å²) >= 11 is 0. The maximum absolute atomic E-state index is 11.7. The molecule has 0 heterocycles. The molecule has 3 nitrogen and oxygen atoms in total. The molecule has 0 atom stereocenters. The van der Waals surface area contributed by atoms with Crippen molar-refractivity contribution in [1.82, 2.24) is 0 Å². The van der Waals surface area contributed by atoms with Gasteiger partial charge in [-0.2, -0.15) is 5.26 Å². The van der Waals surface area contributed by atoms with Gasteiger partial charge in [0, 0.05) is 5.56 Å². The van der Waals surface area contributed by atoms with E-state index in [1.54, 1.807) is 25.1 Å². The molecular formula is C16H13NO2. The highest BCUT2D eigenvalue weighted by Gasteiger charge is 2.11. The van der Waals surface area contributed by atoms with Crippen LogP contribution in [0.3, 0.4) is 0 Å². The number of hydrogen-bond acceptors (Lipinski definition) is 3. The zero-order valence-electron chi connectivity index (χ0n) is 10.6. The van der Waals surface area contributed by atoms with E-state index in [2.05, 4.69) is 6.07 Å². The second-order valence-corrected chi connectivity index (χ2v) is 3.96. The fraction of sp³-hybridized carbons (Fsp3) is 0.125. The highest BCUT2D eigenvalue weighted by molar-refractivity contribution is 5.91. The van der Waals surface area contributed by atoms with E-state index in [-0.39, 0.29) is 5.97 Å². The number of carbonyl (C=O) groups is 1. The lowest BCUT2D eigenvalue weighted by molar-refractivity contribution is 0.0526. The lowest BCUT2D eigenvalue weighted by atomic mass is 9.98. The Hall–Kier alpha value is -2.60. The Balaban J connectivity index is 2.50. The van der Waals surface area contributed by atoms with Crippen LogP contribution in [0.15, 0.2) is 48.5 Å². The SMILES string of the molecule is CCOC(=O)c1ccc(C#N)c(-c2ccccc2)c1. The van der Waals surface area contributed by atoms with Gasteiger partial charge in [-0.15, -0.1) is 0 Å². The predicted molar refractivity (Wildman–Crippen MR) is 72.5 cm³/mol. The summed E-state index contributed by atoms with van der Waals surface area (Å²) in [5, 5.41) is 9.15. The maximum atomic E-state index is 11.7. The number of nitrogens with zero attached hydrogens (tertiary/aromatic N) is 1. The van der Waals surface area contributed by atoms with Crippen LogP contribution in [-0.2, 0) is 4.74 Å². The van der Waals surface area contributed by atoms with Crippen LogP contribution in [0, 0.1) is 11.3 Å². The zero-order chi connectivity index (χ0) is 13.7. The molecule has 0 aliphatic carbocycles. The summed E-state index contributed by atoms with van der Waals surface area (Å²) in [4.78, 5) is 11.7. The van der Waals surface area contributed by atoms with Crippen molar-refractivity contribution in [2.24, 2.45) is 0 Å². The van der Waals surface area contributed by atoms with Gasteiger partial charge >= 0.3 is 5.97 Å². The minimum absolute atomic E-state index is 0.333. The first-order valence-corrected chi connectivity index (χ1v) is 6.03. The van der Waals surface area contributed by atoms with Crippen molar-refractivity contribution in [3.8, 4) is 17.2 Å². The summed E-state index contributed by atoms with van der Waals surface area (Å²) in [7, 11) is 0. The van der Waals surface area contributed by atoms with Crippen molar-refractivity contribution in [2.75, 3.05) is 6.61 Å². The van der Waals surface area contributed by atoms with Gasteiger partial charge in [-0.3, -0.25) is 0 Å². The number of rotatable bonds is 3. The number of esters is 1. The molecule has 0 aliphatic rings. The van der Waals surface area contributed by atoms with Crippen molar-refractivity contribution in [2.45, 2.75) is 6.92 Å². The molecule has 0 spiro atoms. The molecule has 0 unspecified atom stereocenters. The van der Waals surface area contributed by atoms with Crippen molar-refractivity contribution in [3.63, 3.8) is 0 Å². The standard InChI is InChI=1S/C16H13NO2/c1-2-19-16(18)13-8-9-14(11-17)15(10-13)12-6-4-3-5-7-12/h3-10H,2H2,1H3. The molecule has 2 aromatic rings. The van der Waals surface area contributed by atoms with Crippen LogP contribution >= 0.6 is 0 Å². The largest absolute Gasteiger partial charge is 0.462 e. The smallest absolute Gasteiger partial charge is 0.338 e. The normalized spacial score (nSPS) is 9.68. The molecule has 3 heteroatoms. The van der Waals surface area contributed by atoms with Crippen LogP contribution in [-0.4, -0.2) is 12.6 Å². The number of nitriles is 1. The fourth-order valence-corrected chi connectivity index (χ4v) is 1.84. The first kappa shape index (κ1) is 12.8. The summed E-state index contributed by atoms with van der Waals surface area (Å²) in [5.74, 6) is -0.371. The Morgan fingerprint density at radius 1 is 1.21 bits per heavy atom. The van der Waals surface area contributed by atoms with Crippen molar-refractivity contribution in [1.29, 1.82) is 5.26 Å². The van der Waals surface area contributed by atoms with Gasteiger partial charge in [0.2, 0.25) is 0 Å². The van der Waals surface area contributed by atoms with Crippen LogP contribution < -0.4 is 0 Å². The van der Waals surface area contributed by atoms with Gasteiger partial charge in [-0.25, -0.2) is 4.79 Å². The van der Waals surface area contributed by atoms with Crippen LogP contribution in [0.5, 0.6) is 0 Å². The monoisotopic (exact) mass is 251 g/mol. The average Bonchev–Trinajstić information content (AvgIpc) is 2.47. The van der Waals surface area contributed by atoms with Crippen LogP contribution in [0.25, 0.3) is 11.1 Å². The molecule has 0 aromatic heterocycles. The van der Waals surface area contributed by atoms with Crippen molar-refractivity contribution in [3.05, 3.63) is 59.7 Å². The van der Waals surface area contributed by atoms with E-state index in [0.717, 1.165) is 11.1 Å². The Morgan fingerprint density at radius 3 is 2.58 bits per heavy atom. The highest BCUT2D eigenvalue weighted by atomic mass is 16.5. The maximum Gasteiger partial charge on any atom is 0.338 e. The van der Waals surface area contributed by atoms with Gasteiger partial charge in [0.1, 0.15) is 0 Å². The summed E-state index contributed by atoms with van der Waals surface area (Å²) in [6.45, 7) is 2.10.